The molecule has 0 rings (SSSR count). The molecule has 8 atom stereocenters. The van der Waals surface area contributed by atoms with E-state index in [9.17, 15) is 73.2 Å². The first-order chi connectivity index (χ1) is 30.8. The van der Waals surface area contributed by atoms with E-state index < -0.39 is 159 Å². The first-order valence-electron chi connectivity index (χ1n) is 20.3. The fraction of sp³-hybridized carbons (Fsp3) is 0.639. The van der Waals surface area contributed by atoms with Crippen LogP contribution in [-0.4, -0.2) is 171 Å². The van der Waals surface area contributed by atoms with Gasteiger partial charge in [-0.15, -0.1) is 0 Å². The van der Waals surface area contributed by atoms with Crippen molar-refractivity contribution in [2.45, 2.75) is 126 Å². The van der Waals surface area contributed by atoms with Gasteiger partial charge in [-0.2, -0.15) is 0 Å². The number of guanidine groups is 2. The van der Waals surface area contributed by atoms with Gasteiger partial charge in [0.2, 0.25) is 41.4 Å². The Morgan fingerprint density at radius 2 is 0.742 bits per heavy atom. The number of amides is 7. The summed E-state index contributed by atoms with van der Waals surface area (Å²) in [6, 6.07) is -12.6. The van der Waals surface area contributed by atoms with Crippen molar-refractivity contribution >= 4 is 77.1 Å². The highest BCUT2D eigenvalue weighted by Crippen LogP contribution is 2.08. The minimum Gasteiger partial charge on any atom is -0.481 e. The van der Waals surface area contributed by atoms with Crippen LogP contribution in [0.5, 0.6) is 0 Å². The number of carbonyl (C=O) groups is 11. The quantitative estimate of drug-likeness (QED) is 0.0165. The van der Waals surface area contributed by atoms with E-state index in [1.807, 2.05) is 0 Å². The fourth-order valence-corrected chi connectivity index (χ4v) is 5.41. The first-order valence-corrected chi connectivity index (χ1v) is 20.3. The molecular formula is C36H62N14O16. The monoisotopic (exact) mass is 946 g/mol. The maximum atomic E-state index is 13.8. The van der Waals surface area contributed by atoms with Gasteiger partial charge in [0.1, 0.15) is 42.3 Å². The number of nitrogens with two attached hydrogens (primary N) is 5. The summed E-state index contributed by atoms with van der Waals surface area (Å²) in [6.07, 6.45) is -4.13. The van der Waals surface area contributed by atoms with Gasteiger partial charge in [0.15, 0.2) is 11.9 Å². The molecule has 0 radical (unpaired) electrons. The van der Waals surface area contributed by atoms with E-state index in [-0.39, 0.29) is 50.7 Å². The zero-order chi connectivity index (χ0) is 50.7. The summed E-state index contributed by atoms with van der Waals surface area (Å²) >= 11 is 0. The molecule has 30 heteroatoms. The third kappa shape index (κ3) is 25.1. The highest BCUT2D eigenvalue weighted by Gasteiger charge is 2.34. The van der Waals surface area contributed by atoms with Gasteiger partial charge in [0, 0.05) is 32.4 Å². The summed E-state index contributed by atoms with van der Waals surface area (Å²) in [6.45, 7) is 1.27. The predicted molar refractivity (Wildman–Crippen MR) is 228 cm³/mol. The number of aliphatic hydroxyl groups is 1. The highest BCUT2D eigenvalue weighted by molar-refractivity contribution is 5.98. The van der Waals surface area contributed by atoms with E-state index in [0.717, 1.165) is 6.92 Å². The van der Waals surface area contributed by atoms with E-state index in [1.165, 1.54) is 6.92 Å². The van der Waals surface area contributed by atoms with Crippen LogP contribution in [0, 0.1) is 0 Å². The summed E-state index contributed by atoms with van der Waals surface area (Å²) in [5, 5.41) is 63.0. The van der Waals surface area contributed by atoms with Crippen LogP contribution in [0.3, 0.4) is 0 Å². The van der Waals surface area contributed by atoms with E-state index in [1.54, 1.807) is 0 Å². The number of aliphatic imine (C=N–C) groups is 2. The maximum absolute atomic E-state index is 13.8. The highest BCUT2D eigenvalue weighted by atomic mass is 16.4. The number of hydrogen-bond acceptors (Lipinski definition) is 15. The minimum atomic E-state index is -1.84. The molecular weight excluding hydrogens is 884 g/mol. The second kappa shape index (κ2) is 30.7. The molecule has 0 saturated carbocycles. The van der Waals surface area contributed by atoms with Crippen molar-refractivity contribution in [1.82, 2.24) is 37.2 Å². The molecule has 0 fully saturated rings. The summed E-state index contributed by atoms with van der Waals surface area (Å²) in [5.41, 5.74) is 26.8. The van der Waals surface area contributed by atoms with Gasteiger partial charge >= 0.3 is 23.9 Å². The predicted octanol–water partition coefficient (Wildman–Crippen LogP) is -7.47. The van der Waals surface area contributed by atoms with Crippen LogP contribution in [0.1, 0.15) is 78.1 Å². The van der Waals surface area contributed by atoms with Crippen LogP contribution >= 0.6 is 0 Å². The Morgan fingerprint density at radius 1 is 0.439 bits per heavy atom. The Morgan fingerprint density at radius 3 is 1.06 bits per heavy atom. The van der Waals surface area contributed by atoms with Gasteiger partial charge in [0.05, 0.1) is 12.6 Å². The van der Waals surface area contributed by atoms with Crippen molar-refractivity contribution in [2.24, 2.45) is 38.7 Å². The lowest BCUT2D eigenvalue weighted by molar-refractivity contribution is -0.142. The summed E-state index contributed by atoms with van der Waals surface area (Å²) in [5.74, 6) is -13.9. The molecule has 0 aliphatic carbocycles. The Labute approximate surface area is 377 Å². The van der Waals surface area contributed by atoms with E-state index in [0.29, 0.717) is 0 Å². The number of hydrogen-bond donors (Lipinski definition) is 17. The van der Waals surface area contributed by atoms with Crippen molar-refractivity contribution in [3.05, 3.63) is 0 Å². The topological polar surface area (TPSA) is 528 Å². The first kappa shape index (κ1) is 58.6. The number of aliphatic hydroxyl groups excluding tert-OH is 1. The molecule has 0 unspecified atom stereocenters. The van der Waals surface area contributed by atoms with Crippen LogP contribution in [0.15, 0.2) is 9.98 Å². The molecule has 0 saturated heterocycles. The number of carbonyl (C=O) groups excluding carboxylic acids is 7. The minimum absolute atomic E-state index is 0.0430. The van der Waals surface area contributed by atoms with Gasteiger partial charge in [-0.3, -0.25) is 57.9 Å². The van der Waals surface area contributed by atoms with Crippen LogP contribution in [0.2, 0.25) is 0 Å². The van der Waals surface area contributed by atoms with Gasteiger partial charge in [-0.25, -0.2) is 4.79 Å². The fourth-order valence-electron chi connectivity index (χ4n) is 5.41. The molecule has 30 nitrogen and oxygen atoms in total. The normalized spacial score (nSPS) is 14.3. The van der Waals surface area contributed by atoms with Gasteiger partial charge < -0.3 is 91.4 Å². The molecule has 0 aromatic rings. The third-order valence-electron chi connectivity index (χ3n) is 8.96. The standard InChI is InChI=1S/C36H62N14O16/c1-16(37)27(58)45-19(7-10-24(52)53)30(61)48-20(8-11-25(54)55)31(62)46-18(5-3-13-42-35(38)39)29(60)47-21(9-12-26(56)57)32(63)50-23(15-51)33(64)44-17(2)28(59)49-22(34(65)66)6-4-14-43-36(40)41/h16-23,51H,3-15,37H2,1-2H3,(H,44,64)(H,45,58)(H,46,62)(H,47,60)(H,48,61)(H,49,59)(H,50,63)(H,52,53)(H,54,55)(H,56,57)(H,65,66)(H4,38,39,42)(H4,40,41,43)/t16-,17-,18-,19-,20-,21-,22-,23-/m0/s1. The molecule has 7 amide bonds. The van der Waals surface area contributed by atoms with Crippen LogP contribution in [-0.2, 0) is 52.7 Å². The second-order valence-corrected chi connectivity index (χ2v) is 14.6. The van der Waals surface area contributed by atoms with Crippen molar-refractivity contribution in [3.63, 3.8) is 0 Å². The molecule has 0 heterocycles. The summed E-state index contributed by atoms with van der Waals surface area (Å²) in [4.78, 5) is 146. The Bertz CT molecular complexity index is 1790. The molecule has 0 aromatic heterocycles. The van der Waals surface area contributed by atoms with Crippen LogP contribution < -0.4 is 65.9 Å². The maximum Gasteiger partial charge on any atom is 0.326 e. The lowest BCUT2D eigenvalue weighted by atomic mass is 10.0. The molecule has 0 bridgehead atoms. The number of nitrogens with one attached hydrogen (secondary N) is 7. The average molecular weight is 947 g/mol. The van der Waals surface area contributed by atoms with Crippen molar-refractivity contribution < 1.29 is 78.3 Å². The number of rotatable bonds is 33. The smallest absolute Gasteiger partial charge is 0.326 e. The molecule has 372 valence electrons. The number of nitrogens with zero attached hydrogens (tertiary/aromatic N) is 2. The Hall–Kier alpha value is -7.37. The van der Waals surface area contributed by atoms with Crippen molar-refractivity contribution in [1.29, 1.82) is 0 Å². The third-order valence-corrected chi connectivity index (χ3v) is 8.96. The van der Waals surface area contributed by atoms with E-state index in [2.05, 4.69) is 47.2 Å². The zero-order valence-electron chi connectivity index (χ0n) is 36.3. The van der Waals surface area contributed by atoms with E-state index in [4.69, 9.17) is 33.8 Å². The Balaban J connectivity index is 6.44. The zero-order valence-corrected chi connectivity index (χ0v) is 36.3. The molecule has 0 aromatic carbocycles. The molecule has 0 aliphatic heterocycles. The SMILES string of the molecule is C[C@H](N)C(=O)N[C@@H](CCC(=O)O)C(=O)N[C@@H](CCC(=O)O)C(=O)N[C@@H](CCCN=C(N)N)C(=O)N[C@@H](CCC(=O)O)C(=O)N[C@@H](CO)C(=O)N[C@@H](C)C(=O)N[C@@H](CCCN=C(N)N)C(=O)O. The largest absolute Gasteiger partial charge is 0.481 e. The lowest BCUT2D eigenvalue weighted by Gasteiger charge is -2.27. The molecule has 0 aliphatic rings. The number of aliphatic carboxylic acids is 4. The van der Waals surface area contributed by atoms with Gasteiger partial charge in [-0.05, 0) is 58.8 Å². The van der Waals surface area contributed by atoms with Crippen LogP contribution in [0.4, 0.5) is 0 Å². The van der Waals surface area contributed by atoms with Crippen molar-refractivity contribution in [3.8, 4) is 0 Å². The Kier molecular flexibility index (Phi) is 27.2. The van der Waals surface area contributed by atoms with Gasteiger partial charge in [-0.1, -0.05) is 0 Å². The molecule has 22 N–H and O–H groups in total. The van der Waals surface area contributed by atoms with E-state index >= 15 is 0 Å². The molecule has 0 spiro atoms. The average Bonchev–Trinajstić information content (AvgIpc) is 3.22. The van der Waals surface area contributed by atoms with Crippen LogP contribution in [0.25, 0.3) is 0 Å². The second-order valence-electron chi connectivity index (χ2n) is 14.6. The number of carboxylic acid groups (broad SMARTS) is 4. The molecule has 66 heavy (non-hydrogen) atoms. The number of carboxylic acids is 4. The summed E-state index contributed by atoms with van der Waals surface area (Å²) in [7, 11) is 0. The summed E-state index contributed by atoms with van der Waals surface area (Å²) < 4.78 is 0. The van der Waals surface area contributed by atoms with Crippen molar-refractivity contribution in [2.75, 3.05) is 19.7 Å². The van der Waals surface area contributed by atoms with Gasteiger partial charge in [0.25, 0.3) is 0 Å². The lowest BCUT2D eigenvalue weighted by Crippen LogP contribution is -2.60.